The summed E-state index contributed by atoms with van der Waals surface area (Å²) in [4.78, 5) is 11.8. The highest BCUT2D eigenvalue weighted by Crippen LogP contribution is 2.33. The molecule has 0 spiro atoms. The number of para-hydroxylation sites is 2. The molecule has 0 atom stereocenters. The summed E-state index contributed by atoms with van der Waals surface area (Å²) >= 11 is 0. The Balaban J connectivity index is 2.22. The van der Waals surface area contributed by atoms with Crippen LogP contribution in [0.15, 0.2) is 35.7 Å². The standard InChI is InChI=1S/C13H13N3O2/c1-2-7-15-12(17)9(8-14)13-16-10-5-3-4-6-11(10)18-13/h3-6,16H,2,7H2,1H3,(H,15,17)/b13-9+. The van der Waals surface area contributed by atoms with Gasteiger partial charge < -0.3 is 15.4 Å². The van der Waals surface area contributed by atoms with E-state index in [-0.39, 0.29) is 11.5 Å². The fourth-order valence-corrected chi connectivity index (χ4v) is 1.56. The molecule has 0 aliphatic carbocycles. The molecule has 0 fully saturated rings. The Morgan fingerprint density at radius 1 is 1.50 bits per heavy atom. The van der Waals surface area contributed by atoms with E-state index in [2.05, 4.69) is 10.6 Å². The quantitative estimate of drug-likeness (QED) is 0.626. The molecular formula is C13H13N3O2. The monoisotopic (exact) mass is 243 g/mol. The zero-order chi connectivity index (χ0) is 13.0. The van der Waals surface area contributed by atoms with Crippen molar-refractivity contribution in [1.29, 1.82) is 5.26 Å². The molecule has 1 aromatic rings. The first-order valence-electron chi connectivity index (χ1n) is 5.72. The third-order valence-electron chi connectivity index (χ3n) is 2.45. The Labute approximate surface area is 105 Å². The highest BCUT2D eigenvalue weighted by atomic mass is 16.5. The van der Waals surface area contributed by atoms with Crippen LogP contribution in [0.25, 0.3) is 0 Å². The number of benzene rings is 1. The van der Waals surface area contributed by atoms with Crippen LogP contribution >= 0.6 is 0 Å². The van der Waals surface area contributed by atoms with Crippen molar-refractivity contribution in [2.45, 2.75) is 13.3 Å². The number of carbonyl (C=O) groups is 1. The van der Waals surface area contributed by atoms with Crippen molar-refractivity contribution in [3.05, 3.63) is 35.7 Å². The van der Waals surface area contributed by atoms with Gasteiger partial charge in [0, 0.05) is 6.54 Å². The van der Waals surface area contributed by atoms with Gasteiger partial charge in [-0.1, -0.05) is 19.1 Å². The van der Waals surface area contributed by atoms with Gasteiger partial charge in [-0.15, -0.1) is 0 Å². The van der Waals surface area contributed by atoms with Gasteiger partial charge in [0.05, 0.1) is 5.69 Å². The number of anilines is 1. The van der Waals surface area contributed by atoms with E-state index in [1.165, 1.54) is 0 Å². The van der Waals surface area contributed by atoms with Crippen molar-refractivity contribution in [1.82, 2.24) is 5.32 Å². The fraction of sp³-hybridized carbons (Fsp3) is 0.231. The van der Waals surface area contributed by atoms with Crippen molar-refractivity contribution in [3.8, 4) is 11.8 Å². The number of nitrogens with zero attached hydrogens (tertiary/aromatic N) is 1. The molecule has 1 amide bonds. The molecule has 0 radical (unpaired) electrons. The van der Waals surface area contributed by atoms with Crippen LogP contribution in [0.5, 0.6) is 5.75 Å². The van der Waals surface area contributed by atoms with Crippen LogP contribution in [-0.2, 0) is 4.79 Å². The van der Waals surface area contributed by atoms with Crippen molar-refractivity contribution < 1.29 is 9.53 Å². The second-order valence-electron chi connectivity index (χ2n) is 3.80. The molecule has 18 heavy (non-hydrogen) atoms. The number of rotatable bonds is 3. The van der Waals surface area contributed by atoms with E-state index >= 15 is 0 Å². The van der Waals surface area contributed by atoms with Crippen molar-refractivity contribution in [2.24, 2.45) is 0 Å². The van der Waals surface area contributed by atoms with Gasteiger partial charge in [0.25, 0.3) is 5.91 Å². The van der Waals surface area contributed by atoms with Crippen LogP contribution in [0.4, 0.5) is 5.69 Å². The molecule has 92 valence electrons. The van der Waals surface area contributed by atoms with Gasteiger partial charge in [0.15, 0.2) is 11.3 Å². The van der Waals surface area contributed by atoms with Gasteiger partial charge in [0.1, 0.15) is 6.07 Å². The van der Waals surface area contributed by atoms with Crippen LogP contribution in [0.3, 0.4) is 0 Å². The minimum atomic E-state index is -0.422. The third-order valence-corrected chi connectivity index (χ3v) is 2.45. The predicted molar refractivity (Wildman–Crippen MR) is 66.6 cm³/mol. The Kier molecular flexibility index (Phi) is 3.49. The number of hydrogen-bond acceptors (Lipinski definition) is 4. The van der Waals surface area contributed by atoms with Gasteiger partial charge in [-0.3, -0.25) is 4.79 Å². The maximum absolute atomic E-state index is 11.8. The zero-order valence-corrected chi connectivity index (χ0v) is 9.99. The van der Waals surface area contributed by atoms with Crippen LogP contribution in [0.2, 0.25) is 0 Å². The molecule has 1 aliphatic heterocycles. The Bertz CT molecular complexity index is 516. The first kappa shape index (κ1) is 12.0. The largest absolute Gasteiger partial charge is 0.437 e. The minimum absolute atomic E-state index is 0.0420. The average molecular weight is 243 g/mol. The summed E-state index contributed by atoms with van der Waals surface area (Å²) in [5.41, 5.74) is 0.711. The van der Waals surface area contributed by atoms with Crippen LogP contribution in [-0.4, -0.2) is 12.5 Å². The predicted octanol–water partition coefficient (Wildman–Crippen LogP) is 1.75. The second-order valence-corrected chi connectivity index (χ2v) is 3.80. The molecular weight excluding hydrogens is 230 g/mol. The number of fused-ring (bicyclic) bond motifs is 1. The zero-order valence-electron chi connectivity index (χ0n) is 9.99. The number of amides is 1. The lowest BCUT2D eigenvalue weighted by atomic mass is 10.2. The van der Waals surface area contributed by atoms with E-state index in [1.54, 1.807) is 6.07 Å². The molecule has 0 aromatic heterocycles. The molecule has 2 rings (SSSR count). The number of nitriles is 1. The van der Waals surface area contributed by atoms with Crippen LogP contribution in [0.1, 0.15) is 13.3 Å². The van der Waals surface area contributed by atoms with Gasteiger partial charge in [-0.05, 0) is 18.6 Å². The molecule has 0 unspecified atom stereocenters. The lowest BCUT2D eigenvalue weighted by Crippen LogP contribution is -2.27. The highest BCUT2D eigenvalue weighted by molar-refractivity contribution is 5.98. The first-order valence-corrected chi connectivity index (χ1v) is 5.72. The minimum Gasteiger partial charge on any atom is -0.437 e. The second kappa shape index (κ2) is 5.23. The fourth-order valence-electron chi connectivity index (χ4n) is 1.56. The van der Waals surface area contributed by atoms with Gasteiger partial charge in [-0.25, -0.2) is 0 Å². The maximum atomic E-state index is 11.8. The summed E-state index contributed by atoms with van der Waals surface area (Å²) in [5.74, 6) is 0.380. The summed E-state index contributed by atoms with van der Waals surface area (Å²) in [6.07, 6.45) is 0.814. The number of ether oxygens (including phenoxy) is 1. The van der Waals surface area contributed by atoms with Crippen molar-refractivity contribution in [2.75, 3.05) is 11.9 Å². The molecule has 5 nitrogen and oxygen atoms in total. The van der Waals surface area contributed by atoms with Crippen LogP contribution < -0.4 is 15.4 Å². The summed E-state index contributed by atoms with van der Waals surface area (Å²) in [6, 6.07) is 9.14. The molecule has 0 saturated heterocycles. The van der Waals surface area contributed by atoms with E-state index in [9.17, 15) is 4.79 Å². The Morgan fingerprint density at radius 2 is 2.28 bits per heavy atom. The normalized spacial score (nSPS) is 14.9. The SMILES string of the molecule is CCCNC(=O)/C(C#N)=C1\Nc2ccccc2O1. The van der Waals surface area contributed by atoms with Crippen LogP contribution in [0, 0.1) is 11.3 Å². The lowest BCUT2D eigenvalue weighted by Gasteiger charge is -2.04. The molecule has 1 heterocycles. The number of hydrogen-bond donors (Lipinski definition) is 2. The lowest BCUT2D eigenvalue weighted by molar-refractivity contribution is -0.117. The smallest absolute Gasteiger partial charge is 0.267 e. The van der Waals surface area contributed by atoms with Crippen molar-refractivity contribution in [3.63, 3.8) is 0 Å². The van der Waals surface area contributed by atoms with E-state index < -0.39 is 5.91 Å². The summed E-state index contributed by atoms with van der Waals surface area (Å²) in [7, 11) is 0. The molecule has 2 N–H and O–H groups in total. The average Bonchev–Trinajstić information content (AvgIpc) is 2.80. The molecule has 1 aliphatic rings. The molecule has 1 aromatic carbocycles. The van der Waals surface area contributed by atoms with E-state index in [4.69, 9.17) is 10.00 Å². The third kappa shape index (κ3) is 2.28. The number of carbonyl (C=O) groups excluding carboxylic acids is 1. The maximum Gasteiger partial charge on any atom is 0.267 e. The summed E-state index contributed by atoms with van der Waals surface area (Å²) in [6.45, 7) is 2.48. The van der Waals surface area contributed by atoms with Gasteiger partial charge >= 0.3 is 0 Å². The Morgan fingerprint density at radius 3 is 2.94 bits per heavy atom. The van der Waals surface area contributed by atoms with Gasteiger partial charge in [-0.2, -0.15) is 5.26 Å². The summed E-state index contributed by atoms with van der Waals surface area (Å²) in [5, 5.41) is 14.6. The van der Waals surface area contributed by atoms with Crippen molar-refractivity contribution >= 4 is 11.6 Å². The topological polar surface area (TPSA) is 74.2 Å². The number of nitrogens with one attached hydrogen (secondary N) is 2. The van der Waals surface area contributed by atoms with Gasteiger partial charge in [0.2, 0.25) is 5.88 Å². The first-order chi connectivity index (χ1) is 8.76. The molecule has 5 heteroatoms. The summed E-state index contributed by atoms with van der Waals surface area (Å²) < 4.78 is 5.45. The highest BCUT2D eigenvalue weighted by Gasteiger charge is 2.23. The van der Waals surface area contributed by atoms with E-state index in [1.807, 2.05) is 31.2 Å². The van der Waals surface area contributed by atoms with E-state index in [0.29, 0.717) is 12.3 Å². The van der Waals surface area contributed by atoms with E-state index in [0.717, 1.165) is 12.1 Å². The molecule has 0 bridgehead atoms. The Hall–Kier alpha value is -2.48. The molecule has 0 saturated carbocycles.